The lowest BCUT2D eigenvalue weighted by Gasteiger charge is -2.36. The van der Waals surface area contributed by atoms with Gasteiger partial charge in [0.2, 0.25) is 0 Å². The summed E-state index contributed by atoms with van der Waals surface area (Å²) in [7, 11) is 0. The molecule has 0 heterocycles. The van der Waals surface area contributed by atoms with Crippen molar-refractivity contribution < 1.29 is 0 Å². The molecule has 160 valence electrons. The molecule has 0 unspecified atom stereocenters. The molecule has 0 aliphatic heterocycles. The predicted molar refractivity (Wildman–Crippen MR) is 124 cm³/mol. The molecule has 0 aromatic rings. The lowest BCUT2D eigenvalue weighted by Crippen LogP contribution is -2.23. The lowest BCUT2D eigenvalue weighted by molar-refractivity contribution is 0.164. The third kappa shape index (κ3) is 7.38. The van der Waals surface area contributed by atoms with Gasteiger partial charge >= 0.3 is 0 Å². The van der Waals surface area contributed by atoms with Crippen molar-refractivity contribution >= 4 is 0 Å². The van der Waals surface area contributed by atoms with Gasteiger partial charge in [0.05, 0.1) is 0 Å². The van der Waals surface area contributed by atoms with Crippen LogP contribution in [-0.2, 0) is 0 Å². The minimum absolute atomic E-state index is 0.954. The van der Waals surface area contributed by atoms with Crippen LogP contribution in [0.3, 0.4) is 0 Å². The highest BCUT2D eigenvalue weighted by atomic mass is 14.3. The zero-order valence-corrected chi connectivity index (χ0v) is 19.2. The van der Waals surface area contributed by atoms with Gasteiger partial charge in [-0.1, -0.05) is 62.5 Å². The molecule has 0 aromatic heterocycles. The van der Waals surface area contributed by atoms with Gasteiger partial charge in [0, 0.05) is 0 Å². The van der Waals surface area contributed by atoms with Gasteiger partial charge in [-0.3, -0.25) is 0 Å². The third-order valence-electron chi connectivity index (χ3n) is 8.51. The SMILES string of the molecule is C=C(C)CC1CCC(CC2CCC(CC3CCC(CC(=C)C)CC3)CC2)CC1. The number of hydrogen-bond acceptors (Lipinski definition) is 0. The topological polar surface area (TPSA) is 0 Å². The lowest BCUT2D eigenvalue weighted by atomic mass is 9.70. The van der Waals surface area contributed by atoms with Crippen LogP contribution in [0.2, 0.25) is 0 Å². The molecule has 0 saturated heterocycles. The van der Waals surface area contributed by atoms with Crippen LogP contribution in [0.4, 0.5) is 0 Å². The average molecular weight is 385 g/mol. The Morgan fingerprint density at radius 1 is 0.464 bits per heavy atom. The van der Waals surface area contributed by atoms with Crippen LogP contribution in [0.15, 0.2) is 24.3 Å². The van der Waals surface area contributed by atoms with Gasteiger partial charge in [-0.15, -0.1) is 13.2 Å². The molecule has 0 radical (unpaired) electrons. The van der Waals surface area contributed by atoms with E-state index < -0.39 is 0 Å². The summed E-state index contributed by atoms with van der Waals surface area (Å²) in [6, 6.07) is 0. The first-order valence-electron chi connectivity index (χ1n) is 12.8. The van der Waals surface area contributed by atoms with Crippen molar-refractivity contribution in [3.63, 3.8) is 0 Å². The third-order valence-corrected chi connectivity index (χ3v) is 8.51. The van der Waals surface area contributed by atoms with Crippen molar-refractivity contribution in [3.8, 4) is 0 Å². The molecule has 3 rings (SSSR count). The number of allylic oxidation sites excluding steroid dienone is 2. The highest BCUT2D eigenvalue weighted by molar-refractivity contribution is 4.93. The Balaban J connectivity index is 1.28. The van der Waals surface area contributed by atoms with Gasteiger partial charge in [-0.05, 0) is 101 Å². The summed E-state index contributed by atoms with van der Waals surface area (Å²) in [6.07, 6.45) is 23.8. The Morgan fingerprint density at radius 2 is 0.679 bits per heavy atom. The van der Waals surface area contributed by atoms with Crippen LogP contribution in [0.5, 0.6) is 0 Å². The molecule has 0 spiro atoms. The fourth-order valence-electron chi connectivity index (χ4n) is 6.97. The van der Waals surface area contributed by atoms with E-state index in [2.05, 4.69) is 27.0 Å². The summed E-state index contributed by atoms with van der Waals surface area (Å²) in [5.74, 6) is 6.12. The zero-order valence-electron chi connectivity index (χ0n) is 19.2. The van der Waals surface area contributed by atoms with Crippen molar-refractivity contribution in [1.82, 2.24) is 0 Å². The summed E-state index contributed by atoms with van der Waals surface area (Å²) in [4.78, 5) is 0. The first kappa shape index (κ1) is 22.2. The van der Waals surface area contributed by atoms with E-state index >= 15 is 0 Å². The Bertz CT molecular complexity index is 430. The molecular weight excluding hydrogens is 336 g/mol. The van der Waals surface area contributed by atoms with Crippen molar-refractivity contribution in [3.05, 3.63) is 24.3 Å². The molecule has 3 saturated carbocycles. The molecule has 0 heteroatoms. The summed E-state index contributed by atoms with van der Waals surface area (Å²) in [5, 5.41) is 0. The first-order chi connectivity index (χ1) is 13.5. The average Bonchev–Trinajstić information content (AvgIpc) is 2.66. The molecule has 0 aromatic carbocycles. The Kier molecular flexibility index (Phi) is 8.73. The normalized spacial score (nSPS) is 36.8. The Hall–Kier alpha value is -0.520. The minimum atomic E-state index is 0.954. The fourth-order valence-corrected chi connectivity index (χ4v) is 6.97. The maximum atomic E-state index is 4.12. The van der Waals surface area contributed by atoms with Crippen molar-refractivity contribution in [1.29, 1.82) is 0 Å². The van der Waals surface area contributed by atoms with Crippen LogP contribution >= 0.6 is 0 Å². The quantitative estimate of drug-likeness (QED) is 0.366. The smallest absolute Gasteiger partial charge is 0.0297 e. The highest BCUT2D eigenvalue weighted by Gasteiger charge is 2.29. The molecule has 3 aliphatic carbocycles. The van der Waals surface area contributed by atoms with Crippen molar-refractivity contribution in [2.75, 3.05) is 0 Å². The van der Waals surface area contributed by atoms with Crippen molar-refractivity contribution in [2.24, 2.45) is 35.5 Å². The van der Waals surface area contributed by atoms with E-state index in [1.165, 1.54) is 75.4 Å². The van der Waals surface area contributed by atoms with E-state index in [1.807, 2.05) is 0 Å². The highest BCUT2D eigenvalue weighted by Crippen LogP contribution is 2.42. The molecular formula is C28H48. The molecule has 0 nitrogen and oxygen atoms in total. The van der Waals surface area contributed by atoms with E-state index in [1.54, 1.807) is 38.5 Å². The molecule has 3 aliphatic rings. The minimum Gasteiger partial charge on any atom is -0.100 e. The van der Waals surface area contributed by atoms with Crippen molar-refractivity contribution in [2.45, 2.75) is 117 Å². The Labute approximate surface area is 176 Å². The molecule has 0 bridgehead atoms. The van der Waals surface area contributed by atoms with Gasteiger partial charge in [0.25, 0.3) is 0 Å². The van der Waals surface area contributed by atoms with E-state index in [4.69, 9.17) is 0 Å². The van der Waals surface area contributed by atoms with Gasteiger partial charge in [-0.2, -0.15) is 0 Å². The number of rotatable bonds is 8. The predicted octanol–water partition coefficient (Wildman–Crippen LogP) is 9.12. The Morgan fingerprint density at radius 3 is 0.893 bits per heavy atom. The molecule has 0 amide bonds. The van der Waals surface area contributed by atoms with Crippen LogP contribution in [0, 0.1) is 35.5 Å². The summed E-state index contributed by atoms with van der Waals surface area (Å²) < 4.78 is 0. The van der Waals surface area contributed by atoms with Crippen LogP contribution in [-0.4, -0.2) is 0 Å². The van der Waals surface area contributed by atoms with Crippen LogP contribution in [0.25, 0.3) is 0 Å². The zero-order chi connectivity index (χ0) is 19.9. The molecule has 0 atom stereocenters. The summed E-state index contributed by atoms with van der Waals surface area (Å²) >= 11 is 0. The van der Waals surface area contributed by atoms with E-state index in [9.17, 15) is 0 Å². The van der Waals surface area contributed by atoms with Gasteiger partial charge < -0.3 is 0 Å². The monoisotopic (exact) mass is 384 g/mol. The van der Waals surface area contributed by atoms with Gasteiger partial charge in [0.1, 0.15) is 0 Å². The second-order valence-corrected chi connectivity index (χ2v) is 11.5. The van der Waals surface area contributed by atoms with Gasteiger partial charge in [-0.25, -0.2) is 0 Å². The maximum absolute atomic E-state index is 4.12. The second kappa shape index (κ2) is 11.0. The van der Waals surface area contributed by atoms with E-state index in [0.29, 0.717) is 0 Å². The fraction of sp³-hybridized carbons (Fsp3) is 0.857. The molecule has 0 N–H and O–H groups in total. The maximum Gasteiger partial charge on any atom is -0.0297 e. The largest absolute Gasteiger partial charge is 0.100 e. The first-order valence-corrected chi connectivity index (χ1v) is 12.8. The van der Waals surface area contributed by atoms with Gasteiger partial charge in [0.15, 0.2) is 0 Å². The van der Waals surface area contributed by atoms with E-state index in [0.717, 1.165) is 35.5 Å². The molecule has 3 fully saturated rings. The number of hydrogen-bond donors (Lipinski definition) is 0. The van der Waals surface area contributed by atoms with Crippen LogP contribution < -0.4 is 0 Å². The summed E-state index contributed by atoms with van der Waals surface area (Å²) in [6.45, 7) is 12.7. The second-order valence-electron chi connectivity index (χ2n) is 11.5. The standard InChI is InChI=1S/C28H48/c1-21(2)17-23-5-9-25(10-6-23)19-27-13-15-28(16-14-27)20-26-11-7-24(8-12-26)18-22(3)4/h23-28H,1,3,5-20H2,2,4H3. The van der Waals surface area contributed by atoms with Crippen LogP contribution in [0.1, 0.15) is 117 Å². The summed E-state index contributed by atoms with van der Waals surface area (Å²) in [5.41, 5.74) is 2.79. The molecule has 28 heavy (non-hydrogen) atoms. The van der Waals surface area contributed by atoms with E-state index in [-0.39, 0.29) is 0 Å².